The number of carbonyl (C=O) groups excluding carboxylic acids is 1. The fraction of sp³-hybridized carbons (Fsp3) is 0.909. The average molecular weight is 262 g/mol. The van der Waals surface area contributed by atoms with Crippen molar-refractivity contribution >= 4 is 5.97 Å². The normalized spacial score (nSPS) is 40.2. The van der Waals surface area contributed by atoms with Crippen LogP contribution in [0, 0.1) is 0 Å². The molecule has 0 amide bonds. The Morgan fingerprint density at radius 2 is 2.06 bits per heavy atom. The Labute approximate surface area is 105 Å². The van der Waals surface area contributed by atoms with Crippen LogP contribution in [0.5, 0.6) is 0 Å². The molecule has 5 atom stereocenters. The van der Waals surface area contributed by atoms with Gasteiger partial charge in [-0.3, -0.25) is 0 Å². The highest BCUT2D eigenvalue weighted by molar-refractivity contribution is 5.78. The van der Waals surface area contributed by atoms with E-state index in [-0.39, 0.29) is 0 Å². The molecule has 2 rings (SSSR count). The number of esters is 1. The van der Waals surface area contributed by atoms with Crippen molar-refractivity contribution in [2.45, 2.75) is 50.2 Å². The molecule has 0 saturated carbocycles. The molecule has 0 radical (unpaired) electrons. The minimum absolute atomic E-state index is 0.487. The molecule has 2 unspecified atom stereocenters. The summed E-state index contributed by atoms with van der Waals surface area (Å²) < 4.78 is 21.3. The SMILES string of the molecule is CO[C@H]1C(=O)OC2C1OC(C)(C)O[C@@H]2[C@H](O)CO. The summed E-state index contributed by atoms with van der Waals surface area (Å²) in [6.45, 7) is 2.84. The zero-order chi connectivity index (χ0) is 13.5. The number of ether oxygens (including phenoxy) is 4. The van der Waals surface area contributed by atoms with Gasteiger partial charge in [0.25, 0.3) is 0 Å². The second kappa shape index (κ2) is 4.75. The maximum Gasteiger partial charge on any atom is 0.338 e. The summed E-state index contributed by atoms with van der Waals surface area (Å²) in [6, 6.07) is 0. The minimum Gasteiger partial charge on any atom is -0.455 e. The molecule has 2 aliphatic rings. The van der Waals surface area contributed by atoms with Crippen LogP contribution in [0.2, 0.25) is 0 Å². The number of hydrogen-bond donors (Lipinski definition) is 2. The van der Waals surface area contributed by atoms with E-state index in [1.165, 1.54) is 7.11 Å². The van der Waals surface area contributed by atoms with Crippen molar-refractivity contribution in [1.29, 1.82) is 0 Å². The number of aliphatic hydroxyl groups excluding tert-OH is 2. The molecule has 0 aliphatic carbocycles. The van der Waals surface area contributed by atoms with Gasteiger partial charge >= 0.3 is 5.97 Å². The molecule has 0 bridgehead atoms. The van der Waals surface area contributed by atoms with Crippen LogP contribution in [0.15, 0.2) is 0 Å². The number of hydrogen-bond acceptors (Lipinski definition) is 7. The van der Waals surface area contributed by atoms with Crippen LogP contribution in [0.25, 0.3) is 0 Å². The maximum absolute atomic E-state index is 11.6. The van der Waals surface area contributed by atoms with Gasteiger partial charge in [0.05, 0.1) is 6.61 Å². The van der Waals surface area contributed by atoms with E-state index in [1.54, 1.807) is 13.8 Å². The Morgan fingerprint density at radius 3 is 2.61 bits per heavy atom. The van der Waals surface area contributed by atoms with Gasteiger partial charge in [-0.2, -0.15) is 0 Å². The second-order valence-corrected chi connectivity index (χ2v) is 4.87. The first kappa shape index (κ1) is 13.7. The third kappa shape index (κ3) is 2.24. The standard InChI is InChI=1S/C11H18O7/c1-11(2)17-6(5(13)4-12)7-8(18-11)9(15-3)10(14)16-7/h5-9,12-13H,4H2,1-3H3/t5-,6-,7?,8?,9-/m1/s1. The smallest absolute Gasteiger partial charge is 0.338 e. The highest BCUT2D eigenvalue weighted by Gasteiger charge is 2.57. The molecule has 7 nitrogen and oxygen atoms in total. The highest BCUT2D eigenvalue weighted by Crippen LogP contribution is 2.36. The predicted molar refractivity (Wildman–Crippen MR) is 57.6 cm³/mol. The molecule has 104 valence electrons. The summed E-state index contributed by atoms with van der Waals surface area (Å²) in [6.07, 6.45) is -4.27. The van der Waals surface area contributed by atoms with Gasteiger partial charge in [0, 0.05) is 7.11 Å². The van der Waals surface area contributed by atoms with Crippen LogP contribution in [0.4, 0.5) is 0 Å². The van der Waals surface area contributed by atoms with Crippen LogP contribution < -0.4 is 0 Å². The van der Waals surface area contributed by atoms with Gasteiger partial charge in [-0.1, -0.05) is 0 Å². The highest BCUT2D eigenvalue weighted by atomic mass is 16.8. The Bertz CT molecular complexity index is 329. The molecular formula is C11H18O7. The van der Waals surface area contributed by atoms with Crippen molar-refractivity contribution in [3.05, 3.63) is 0 Å². The molecule has 0 aromatic rings. The van der Waals surface area contributed by atoms with Crippen molar-refractivity contribution in [3.63, 3.8) is 0 Å². The molecular weight excluding hydrogens is 244 g/mol. The van der Waals surface area contributed by atoms with E-state index in [4.69, 9.17) is 24.1 Å². The van der Waals surface area contributed by atoms with Gasteiger partial charge < -0.3 is 29.2 Å². The minimum atomic E-state index is -1.15. The van der Waals surface area contributed by atoms with Gasteiger partial charge in [0.1, 0.15) is 18.3 Å². The lowest BCUT2D eigenvalue weighted by Crippen LogP contribution is -2.59. The second-order valence-electron chi connectivity index (χ2n) is 4.87. The third-order valence-electron chi connectivity index (χ3n) is 3.09. The summed E-state index contributed by atoms with van der Waals surface area (Å²) in [4.78, 5) is 11.6. The summed E-state index contributed by atoms with van der Waals surface area (Å²) in [7, 11) is 1.39. The lowest BCUT2D eigenvalue weighted by atomic mass is 9.99. The van der Waals surface area contributed by atoms with Crippen LogP contribution >= 0.6 is 0 Å². The molecule has 2 fully saturated rings. The number of aliphatic hydroxyl groups is 2. The van der Waals surface area contributed by atoms with Crippen molar-refractivity contribution < 1.29 is 34.0 Å². The van der Waals surface area contributed by atoms with Crippen LogP contribution in [0.3, 0.4) is 0 Å². The quantitative estimate of drug-likeness (QED) is 0.617. The third-order valence-corrected chi connectivity index (χ3v) is 3.09. The number of carbonyl (C=O) groups is 1. The molecule has 0 spiro atoms. The van der Waals surface area contributed by atoms with Crippen molar-refractivity contribution in [2.24, 2.45) is 0 Å². The van der Waals surface area contributed by atoms with E-state index in [1.807, 2.05) is 0 Å². The van der Waals surface area contributed by atoms with E-state index < -0.39 is 48.9 Å². The molecule has 2 aliphatic heterocycles. The van der Waals surface area contributed by atoms with Gasteiger partial charge in [0.15, 0.2) is 18.0 Å². The average Bonchev–Trinajstić information content (AvgIpc) is 2.61. The first-order chi connectivity index (χ1) is 8.39. The van der Waals surface area contributed by atoms with E-state index >= 15 is 0 Å². The molecule has 2 heterocycles. The van der Waals surface area contributed by atoms with Gasteiger partial charge in [-0.25, -0.2) is 4.79 Å². The lowest BCUT2D eigenvalue weighted by Gasteiger charge is -2.43. The van der Waals surface area contributed by atoms with Crippen LogP contribution in [0.1, 0.15) is 13.8 Å². The zero-order valence-electron chi connectivity index (χ0n) is 10.5. The molecule has 2 saturated heterocycles. The summed E-state index contributed by atoms with van der Waals surface area (Å²) in [5.41, 5.74) is 0. The first-order valence-electron chi connectivity index (χ1n) is 5.77. The Kier molecular flexibility index (Phi) is 3.61. The molecule has 0 aromatic heterocycles. The van der Waals surface area contributed by atoms with E-state index in [2.05, 4.69) is 0 Å². The zero-order valence-corrected chi connectivity index (χ0v) is 10.5. The Balaban J connectivity index is 2.25. The Hall–Kier alpha value is -0.730. The van der Waals surface area contributed by atoms with Crippen molar-refractivity contribution in [2.75, 3.05) is 13.7 Å². The lowest BCUT2D eigenvalue weighted by molar-refractivity contribution is -0.341. The molecule has 2 N–H and O–H groups in total. The number of methoxy groups -OCH3 is 1. The number of rotatable bonds is 3. The summed E-state index contributed by atoms with van der Waals surface area (Å²) in [5.74, 6) is -1.55. The Morgan fingerprint density at radius 1 is 1.39 bits per heavy atom. The largest absolute Gasteiger partial charge is 0.455 e. The topological polar surface area (TPSA) is 94.5 Å². The fourth-order valence-corrected chi connectivity index (χ4v) is 2.34. The van der Waals surface area contributed by atoms with E-state index in [9.17, 15) is 9.90 Å². The van der Waals surface area contributed by atoms with Gasteiger partial charge in [-0.05, 0) is 13.8 Å². The molecule has 7 heteroatoms. The number of fused-ring (bicyclic) bond motifs is 1. The van der Waals surface area contributed by atoms with Crippen molar-refractivity contribution in [3.8, 4) is 0 Å². The van der Waals surface area contributed by atoms with E-state index in [0.717, 1.165) is 0 Å². The van der Waals surface area contributed by atoms with E-state index in [0.29, 0.717) is 0 Å². The van der Waals surface area contributed by atoms with Crippen molar-refractivity contribution in [1.82, 2.24) is 0 Å². The first-order valence-corrected chi connectivity index (χ1v) is 5.77. The van der Waals surface area contributed by atoms with Gasteiger partial charge in [0.2, 0.25) is 0 Å². The molecule has 0 aromatic carbocycles. The maximum atomic E-state index is 11.6. The summed E-state index contributed by atoms with van der Waals surface area (Å²) >= 11 is 0. The summed E-state index contributed by atoms with van der Waals surface area (Å²) in [5, 5.41) is 18.8. The predicted octanol–water partition coefficient (Wildman–Crippen LogP) is -1.20. The fourth-order valence-electron chi connectivity index (χ4n) is 2.34. The van der Waals surface area contributed by atoms with Gasteiger partial charge in [-0.15, -0.1) is 0 Å². The van der Waals surface area contributed by atoms with Crippen LogP contribution in [-0.2, 0) is 23.7 Å². The monoisotopic (exact) mass is 262 g/mol. The van der Waals surface area contributed by atoms with Crippen LogP contribution in [-0.4, -0.2) is 66.2 Å². The molecule has 18 heavy (non-hydrogen) atoms.